The van der Waals surface area contributed by atoms with Gasteiger partial charge in [-0.25, -0.2) is 21.6 Å². The van der Waals surface area contributed by atoms with Gasteiger partial charge >= 0.3 is 0 Å². The van der Waals surface area contributed by atoms with Gasteiger partial charge in [0.25, 0.3) is 5.91 Å². The van der Waals surface area contributed by atoms with Gasteiger partial charge in [0.1, 0.15) is 22.5 Å². The van der Waals surface area contributed by atoms with Crippen LogP contribution in [-0.2, 0) is 10.0 Å². The predicted molar refractivity (Wildman–Crippen MR) is 106 cm³/mol. The second-order valence-electron chi connectivity index (χ2n) is 6.75. The predicted octanol–water partition coefficient (Wildman–Crippen LogP) is 3.73. The third kappa shape index (κ3) is 4.31. The molecule has 2 heterocycles. The zero-order valence-corrected chi connectivity index (χ0v) is 17.4. The minimum absolute atomic E-state index is 0.103. The van der Waals surface area contributed by atoms with Crippen LogP contribution in [0.4, 0.5) is 18.9 Å². The van der Waals surface area contributed by atoms with Crippen LogP contribution in [0.2, 0.25) is 0 Å². The Morgan fingerprint density at radius 1 is 1.10 bits per heavy atom. The number of rotatable bonds is 5. The van der Waals surface area contributed by atoms with Crippen LogP contribution in [0.25, 0.3) is 0 Å². The van der Waals surface area contributed by atoms with E-state index >= 15 is 0 Å². The number of anilines is 1. The van der Waals surface area contributed by atoms with Crippen LogP contribution in [0.1, 0.15) is 33.7 Å². The first kappa shape index (κ1) is 21.4. The number of amides is 1. The molecule has 0 radical (unpaired) electrons. The molecule has 4 rings (SSSR count). The fourth-order valence-electron chi connectivity index (χ4n) is 3.27. The Morgan fingerprint density at radius 2 is 1.87 bits per heavy atom. The number of carbonyl (C=O) groups is 1. The highest BCUT2D eigenvalue weighted by atomic mass is 32.2. The summed E-state index contributed by atoms with van der Waals surface area (Å²) in [6.45, 7) is 0.214. The van der Waals surface area contributed by atoms with E-state index in [1.807, 2.05) is 0 Å². The van der Waals surface area contributed by atoms with Crippen LogP contribution in [0.15, 0.2) is 47.4 Å². The smallest absolute Gasteiger partial charge is 0.286 e. The molecule has 31 heavy (non-hydrogen) atoms. The standard InChI is InChI=1S/C19H15F3N4O3S2/c20-11-3-1-4-13(9-11)31(28,29)26-8-2-5-16(26)18-24-25-19(30-18)17(27)23-15-7-6-12(21)10-14(15)22/h1,3-4,6-7,9-10,16H,2,5,8H2,(H,23,27). The average molecular weight is 468 g/mol. The van der Waals surface area contributed by atoms with Gasteiger partial charge in [-0.3, -0.25) is 4.79 Å². The summed E-state index contributed by atoms with van der Waals surface area (Å²) in [6, 6.07) is 6.77. The van der Waals surface area contributed by atoms with E-state index in [0.29, 0.717) is 23.9 Å². The maximum atomic E-state index is 13.8. The van der Waals surface area contributed by atoms with Gasteiger partial charge in [-0.05, 0) is 43.2 Å². The molecule has 0 aliphatic carbocycles. The normalized spacial score (nSPS) is 17.1. The highest BCUT2D eigenvalue weighted by Gasteiger charge is 2.38. The van der Waals surface area contributed by atoms with E-state index in [1.165, 1.54) is 16.4 Å². The number of nitrogens with zero attached hydrogens (tertiary/aromatic N) is 3. The molecular weight excluding hydrogens is 453 g/mol. The molecular formula is C19H15F3N4O3S2. The Hall–Kier alpha value is -2.83. The topological polar surface area (TPSA) is 92.3 Å². The molecule has 1 unspecified atom stereocenters. The van der Waals surface area contributed by atoms with Crippen molar-refractivity contribution in [1.29, 1.82) is 0 Å². The number of sulfonamides is 1. The molecule has 1 aliphatic rings. The third-order valence-corrected chi connectivity index (χ3v) is 7.63. The number of benzene rings is 2. The molecule has 1 saturated heterocycles. The molecule has 1 aliphatic heterocycles. The molecule has 1 aromatic heterocycles. The van der Waals surface area contributed by atoms with E-state index in [9.17, 15) is 26.4 Å². The largest absolute Gasteiger partial charge is 0.317 e. The van der Waals surface area contributed by atoms with E-state index in [4.69, 9.17) is 0 Å². The zero-order valence-electron chi connectivity index (χ0n) is 15.8. The van der Waals surface area contributed by atoms with Crippen LogP contribution in [0.3, 0.4) is 0 Å². The summed E-state index contributed by atoms with van der Waals surface area (Å²) in [5, 5.41) is 10.2. The van der Waals surface area contributed by atoms with E-state index in [1.54, 1.807) is 0 Å². The van der Waals surface area contributed by atoms with E-state index in [-0.39, 0.29) is 22.1 Å². The Morgan fingerprint density at radius 3 is 2.61 bits per heavy atom. The van der Waals surface area contributed by atoms with Crippen molar-refractivity contribution >= 4 is 33.0 Å². The Kier molecular flexibility index (Phi) is 5.77. The molecule has 1 fully saturated rings. The second kappa shape index (κ2) is 8.36. The number of hydrogen-bond acceptors (Lipinski definition) is 6. The first-order chi connectivity index (χ1) is 14.8. The van der Waals surface area contributed by atoms with Crippen molar-refractivity contribution in [3.05, 3.63) is 69.9 Å². The summed E-state index contributed by atoms with van der Waals surface area (Å²) in [7, 11) is -3.98. The van der Waals surface area contributed by atoms with Crippen LogP contribution >= 0.6 is 11.3 Å². The molecule has 1 N–H and O–H groups in total. The lowest BCUT2D eigenvalue weighted by molar-refractivity contribution is 0.102. The molecule has 7 nitrogen and oxygen atoms in total. The van der Waals surface area contributed by atoms with Gasteiger partial charge in [-0.1, -0.05) is 17.4 Å². The summed E-state index contributed by atoms with van der Waals surface area (Å²) in [6.07, 6.45) is 1.01. The highest BCUT2D eigenvalue weighted by molar-refractivity contribution is 7.89. The van der Waals surface area contributed by atoms with Crippen molar-refractivity contribution in [1.82, 2.24) is 14.5 Å². The maximum Gasteiger partial charge on any atom is 0.286 e. The van der Waals surface area contributed by atoms with E-state index in [0.717, 1.165) is 35.6 Å². The number of carbonyl (C=O) groups excluding carboxylic acids is 1. The quantitative estimate of drug-likeness (QED) is 0.616. The molecule has 0 saturated carbocycles. The second-order valence-corrected chi connectivity index (χ2v) is 9.65. The molecule has 12 heteroatoms. The van der Waals surface area contributed by atoms with Crippen LogP contribution in [0.5, 0.6) is 0 Å². The molecule has 0 bridgehead atoms. The summed E-state index contributed by atoms with van der Waals surface area (Å²) >= 11 is 0.874. The summed E-state index contributed by atoms with van der Waals surface area (Å²) in [5.74, 6) is -3.15. The third-order valence-electron chi connectivity index (χ3n) is 4.71. The Bertz CT molecular complexity index is 1250. The number of halogens is 3. The van der Waals surface area contributed by atoms with Gasteiger partial charge in [0, 0.05) is 12.6 Å². The van der Waals surface area contributed by atoms with Gasteiger partial charge in [-0.15, -0.1) is 10.2 Å². The van der Waals surface area contributed by atoms with Crippen molar-refractivity contribution in [2.24, 2.45) is 0 Å². The van der Waals surface area contributed by atoms with Gasteiger partial charge in [0.05, 0.1) is 16.6 Å². The molecule has 162 valence electrons. The fourth-order valence-corrected chi connectivity index (χ4v) is 5.91. The Balaban J connectivity index is 1.56. The molecule has 3 aromatic rings. The summed E-state index contributed by atoms with van der Waals surface area (Å²) in [5.41, 5.74) is -0.223. The zero-order chi connectivity index (χ0) is 22.2. The lowest BCUT2D eigenvalue weighted by Crippen LogP contribution is -2.30. The lowest BCUT2D eigenvalue weighted by atomic mass is 10.2. The molecule has 2 aromatic carbocycles. The average Bonchev–Trinajstić information content (AvgIpc) is 3.39. The minimum atomic E-state index is -3.98. The van der Waals surface area contributed by atoms with E-state index in [2.05, 4.69) is 15.5 Å². The van der Waals surface area contributed by atoms with Crippen LogP contribution < -0.4 is 5.32 Å². The fraction of sp³-hybridized carbons (Fsp3) is 0.211. The maximum absolute atomic E-state index is 13.8. The minimum Gasteiger partial charge on any atom is -0.317 e. The number of aromatic nitrogens is 2. The van der Waals surface area contributed by atoms with Crippen molar-refractivity contribution in [3.63, 3.8) is 0 Å². The Labute approximate surface area is 179 Å². The number of hydrogen-bond donors (Lipinski definition) is 1. The van der Waals surface area contributed by atoms with Gasteiger partial charge in [-0.2, -0.15) is 4.31 Å². The first-order valence-electron chi connectivity index (χ1n) is 9.13. The van der Waals surface area contributed by atoms with Gasteiger partial charge < -0.3 is 5.32 Å². The summed E-state index contributed by atoms with van der Waals surface area (Å²) in [4.78, 5) is 12.2. The highest BCUT2D eigenvalue weighted by Crippen LogP contribution is 2.37. The van der Waals surface area contributed by atoms with E-state index < -0.39 is 39.4 Å². The van der Waals surface area contributed by atoms with Crippen molar-refractivity contribution < 1.29 is 26.4 Å². The molecule has 1 amide bonds. The molecule has 0 spiro atoms. The number of nitrogens with one attached hydrogen (secondary N) is 1. The van der Waals surface area contributed by atoms with Gasteiger partial charge in [0.15, 0.2) is 0 Å². The van der Waals surface area contributed by atoms with Crippen LogP contribution in [0, 0.1) is 17.5 Å². The van der Waals surface area contributed by atoms with Crippen molar-refractivity contribution in [2.45, 2.75) is 23.8 Å². The lowest BCUT2D eigenvalue weighted by Gasteiger charge is -2.22. The van der Waals surface area contributed by atoms with Crippen LogP contribution in [-0.4, -0.2) is 35.4 Å². The van der Waals surface area contributed by atoms with Crippen molar-refractivity contribution in [3.8, 4) is 0 Å². The van der Waals surface area contributed by atoms with Crippen molar-refractivity contribution in [2.75, 3.05) is 11.9 Å². The SMILES string of the molecule is O=C(Nc1ccc(F)cc1F)c1nnc(C2CCCN2S(=O)(=O)c2cccc(F)c2)s1. The first-order valence-corrected chi connectivity index (χ1v) is 11.4. The van der Waals surface area contributed by atoms with Gasteiger partial charge in [0.2, 0.25) is 15.0 Å². The summed E-state index contributed by atoms with van der Waals surface area (Å²) < 4.78 is 67.5. The monoisotopic (exact) mass is 468 g/mol. The molecule has 1 atom stereocenters.